The quantitative estimate of drug-likeness (QED) is 0.728. The third-order valence-electron chi connectivity index (χ3n) is 5.56. The number of hydrogen-bond acceptors (Lipinski definition) is 5. The van der Waals surface area contributed by atoms with Crippen molar-refractivity contribution < 1.29 is 19.4 Å². The number of nitrogens with zero attached hydrogens (tertiary/aromatic N) is 2. The van der Waals surface area contributed by atoms with Gasteiger partial charge in [0.1, 0.15) is 24.2 Å². The Hall–Kier alpha value is -2.44. The number of carbonyl (C=O) groups is 1. The van der Waals surface area contributed by atoms with E-state index < -0.39 is 6.10 Å². The predicted octanol–water partition coefficient (Wildman–Crippen LogP) is 3.49. The van der Waals surface area contributed by atoms with Gasteiger partial charge in [0.05, 0.1) is 7.11 Å². The molecule has 1 atom stereocenters. The highest BCUT2D eigenvalue weighted by molar-refractivity contribution is 6.30. The molecule has 2 aliphatic rings. The van der Waals surface area contributed by atoms with Gasteiger partial charge in [0.15, 0.2) is 0 Å². The van der Waals surface area contributed by atoms with Crippen LogP contribution in [0.4, 0.5) is 5.69 Å². The Labute approximate surface area is 181 Å². The number of anilines is 1. The van der Waals surface area contributed by atoms with Gasteiger partial charge in [0.25, 0.3) is 0 Å². The van der Waals surface area contributed by atoms with E-state index in [0.717, 1.165) is 29.8 Å². The van der Waals surface area contributed by atoms with Gasteiger partial charge >= 0.3 is 0 Å². The summed E-state index contributed by atoms with van der Waals surface area (Å²) < 4.78 is 11.1. The van der Waals surface area contributed by atoms with Crippen LogP contribution < -0.4 is 14.4 Å². The van der Waals surface area contributed by atoms with Crippen molar-refractivity contribution in [3.63, 3.8) is 0 Å². The van der Waals surface area contributed by atoms with Gasteiger partial charge in [-0.2, -0.15) is 0 Å². The molecule has 7 heteroatoms. The Kier molecular flexibility index (Phi) is 6.35. The third-order valence-corrected chi connectivity index (χ3v) is 5.81. The molecule has 1 aliphatic carbocycles. The minimum absolute atomic E-state index is 0.158. The molecule has 0 saturated heterocycles. The summed E-state index contributed by atoms with van der Waals surface area (Å²) in [7, 11) is 1.64. The second-order valence-electron chi connectivity index (χ2n) is 7.86. The Morgan fingerprint density at radius 2 is 1.90 bits per heavy atom. The lowest BCUT2D eigenvalue weighted by molar-refractivity contribution is -0.132. The van der Waals surface area contributed by atoms with Crippen LogP contribution in [0.3, 0.4) is 0 Å². The van der Waals surface area contributed by atoms with E-state index in [4.69, 9.17) is 21.1 Å². The Morgan fingerprint density at radius 3 is 2.60 bits per heavy atom. The molecule has 1 N–H and O–H groups in total. The van der Waals surface area contributed by atoms with Gasteiger partial charge in [-0.1, -0.05) is 11.6 Å². The molecule has 2 aromatic carbocycles. The van der Waals surface area contributed by atoms with Crippen LogP contribution in [-0.2, 0) is 11.3 Å². The topological polar surface area (TPSA) is 62.2 Å². The second kappa shape index (κ2) is 9.14. The highest BCUT2D eigenvalue weighted by Gasteiger charge is 2.34. The van der Waals surface area contributed by atoms with Crippen molar-refractivity contribution >= 4 is 23.2 Å². The van der Waals surface area contributed by atoms with Gasteiger partial charge in [-0.15, -0.1) is 0 Å². The summed E-state index contributed by atoms with van der Waals surface area (Å²) in [6.07, 6.45) is 1.89. The van der Waals surface area contributed by atoms with Gasteiger partial charge in [0, 0.05) is 42.8 Å². The number of amides is 1. The summed E-state index contributed by atoms with van der Waals surface area (Å²) in [5, 5.41) is 11.2. The number of β-amino-alcohol motifs (C(OH)–C–C–N with tert-alkyl or cyclic N) is 1. The van der Waals surface area contributed by atoms with E-state index in [0.29, 0.717) is 42.9 Å². The molecule has 30 heavy (non-hydrogen) atoms. The van der Waals surface area contributed by atoms with Crippen LogP contribution in [-0.4, -0.2) is 54.9 Å². The number of halogens is 1. The van der Waals surface area contributed by atoms with E-state index in [2.05, 4.69) is 4.90 Å². The molecule has 1 amide bonds. The summed E-state index contributed by atoms with van der Waals surface area (Å²) >= 11 is 5.90. The largest absolute Gasteiger partial charge is 0.497 e. The number of ether oxygens (including phenoxy) is 2. The van der Waals surface area contributed by atoms with Gasteiger partial charge in [-0.05, 0) is 60.9 Å². The van der Waals surface area contributed by atoms with Crippen molar-refractivity contribution in [2.45, 2.75) is 38.0 Å². The van der Waals surface area contributed by atoms with E-state index in [-0.39, 0.29) is 12.5 Å². The van der Waals surface area contributed by atoms with Crippen LogP contribution in [0.25, 0.3) is 0 Å². The molecule has 4 rings (SSSR count). The molecule has 160 valence electrons. The monoisotopic (exact) mass is 430 g/mol. The molecule has 1 fully saturated rings. The smallest absolute Gasteiger partial charge is 0.224 e. The number of aliphatic hydroxyl groups is 1. The Morgan fingerprint density at radius 1 is 1.17 bits per heavy atom. The van der Waals surface area contributed by atoms with Crippen LogP contribution in [0.5, 0.6) is 11.5 Å². The van der Waals surface area contributed by atoms with Gasteiger partial charge in [0.2, 0.25) is 5.91 Å². The molecule has 0 radical (unpaired) electrons. The first-order chi connectivity index (χ1) is 14.5. The maximum Gasteiger partial charge on any atom is 0.224 e. The lowest BCUT2D eigenvalue weighted by Crippen LogP contribution is -2.42. The van der Waals surface area contributed by atoms with Gasteiger partial charge in [-0.3, -0.25) is 4.79 Å². The first-order valence-corrected chi connectivity index (χ1v) is 10.7. The zero-order valence-electron chi connectivity index (χ0n) is 17.1. The van der Waals surface area contributed by atoms with E-state index in [1.807, 2.05) is 23.1 Å². The zero-order valence-corrected chi connectivity index (χ0v) is 17.8. The minimum atomic E-state index is -0.704. The van der Waals surface area contributed by atoms with Crippen LogP contribution in [0.2, 0.25) is 5.02 Å². The Bertz CT molecular complexity index is 885. The third kappa shape index (κ3) is 4.99. The first kappa shape index (κ1) is 20.8. The van der Waals surface area contributed by atoms with Gasteiger partial charge in [-0.25, -0.2) is 0 Å². The van der Waals surface area contributed by atoms with Crippen LogP contribution >= 0.6 is 11.6 Å². The van der Waals surface area contributed by atoms with Crippen LogP contribution in [0, 0.1) is 0 Å². The van der Waals surface area contributed by atoms with Gasteiger partial charge < -0.3 is 24.4 Å². The number of methoxy groups -OCH3 is 1. The molecule has 1 saturated carbocycles. The first-order valence-electron chi connectivity index (χ1n) is 10.3. The van der Waals surface area contributed by atoms with E-state index in [1.165, 1.54) is 0 Å². The number of fused-ring (bicyclic) bond motifs is 1. The maximum atomic E-state index is 12.8. The van der Waals surface area contributed by atoms with Crippen molar-refractivity contribution in [1.29, 1.82) is 0 Å². The number of aliphatic hydroxyl groups excluding tert-OH is 1. The normalized spacial score (nSPS) is 17.8. The minimum Gasteiger partial charge on any atom is -0.497 e. The van der Waals surface area contributed by atoms with Crippen molar-refractivity contribution in [3.05, 3.63) is 53.1 Å². The molecule has 2 aromatic rings. The number of carbonyl (C=O) groups excluding carboxylic acids is 1. The molecule has 0 unspecified atom stereocenters. The molecule has 0 aromatic heterocycles. The standard InChI is InChI=1S/C23H27ClN2O4/c1-29-21-8-9-22-16(12-21)13-26(18-4-5-18)23(28)10-11-25(22)14-19(27)15-30-20-6-2-17(24)3-7-20/h2-3,6-9,12,18-19,27H,4-5,10-11,13-15H2,1H3/t19-/m1/s1. The van der Waals surface area contributed by atoms with E-state index >= 15 is 0 Å². The van der Waals surface area contributed by atoms with E-state index in [1.54, 1.807) is 31.4 Å². The number of hydrogen-bond donors (Lipinski definition) is 1. The van der Waals surface area contributed by atoms with Crippen molar-refractivity contribution in [3.8, 4) is 11.5 Å². The molecule has 6 nitrogen and oxygen atoms in total. The van der Waals surface area contributed by atoms with E-state index in [9.17, 15) is 9.90 Å². The number of benzene rings is 2. The summed E-state index contributed by atoms with van der Waals surface area (Å²) in [5.41, 5.74) is 2.07. The molecule has 0 bridgehead atoms. The molecule has 0 spiro atoms. The predicted molar refractivity (Wildman–Crippen MR) is 116 cm³/mol. The van der Waals surface area contributed by atoms with Crippen LogP contribution in [0.1, 0.15) is 24.8 Å². The number of rotatable bonds is 7. The average Bonchev–Trinajstić information content (AvgIpc) is 3.58. The van der Waals surface area contributed by atoms with Crippen LogP contribution in [0.15, 0.2) is 42.5 Å². The summed E-state index contributed by atoms with van der Waals surface area (Å²) in [6, 6.07) is 13.4. The highest BCUT2D eigenvalue weighted by Crippen LogP contribution is 2.34. The SMILES string of the molecule is COc1ccc2c(c1)CN(C1CC1)C(=O)CCN2C[C@@H](O)COc1ccc(Cl)cc1. The summed E-state index contributed by atoms with van der Waals surface area (Å²) in [5.74, 6) is 1.60. The highest BCUT2D eigenvalue weighted by atomic mass is 35.5. The molecular weight excluding hydrogens is 404 g/mol. The molecule has 1 heterocycles. The maximum absolute atomic E-state index is 12.8. The second-order valence-corrected chi connectivity index (χ2v) is 8.30. The van der Waals surface area contributed by atoms with Crippen molar-refractivity contribution in [2.75, 3.05) is 31.7 Å². The fourth-order valence-electron chi connectivity index (χ4n) is 3.83. The van der Waals surface area contributed by atoms with Crippen molar-refractivity contribution in [1.82, 2.24) is 4.90 Å². The fourth-order valence-corrected chi connectivity index (χ4v) is 3.96. The molecule has 1 aliphatic heterocycles. The summed E-state index contributed by atoms with van der Waals surface area (Å²) in [6.45, 7) is 1.67. The lowest BCUT2D eigenvalue weighted by Gasteiger charge is -2.34. The summed E-state index contributed by atoms with van der Waals surface area (Å²) in [4.78, 5) is 16.8. The lowest BCUT2D eigenvalue weighted by atomic mass is 10.1. The van der Waals surface area contributed by atoms with Crippen molar-refractivity contribution in [2.24, 2.45) is 0 Å². The Balaban J connectivity index is 1.48. The fraction of sp³-hybridized carbons (Fsp3) is 0.435. The zero-order chi connectivity index (χ0) is 21.1. The molecular formula is C23H27ClN2O4. The average molecular weight is 431 g/mol.